The minimum Gasteiger partial charge on any atom is -0.477 e. The van der Waals surface area contributed by atoms with Crippen LogP contribution in [0, 0.1) is 17.8 Å². The summed E-state index contributed by atoms with van der Waals surface area (Å²) in [5.41, 5.74) is 0.00631. The number of aliphatic hydroxyl groups is 1. The van der Waals surface area contributed by atoms with Crippen molar-refractivity contribution >= 4 is 35.5 Å². The number of hydrogen-bond acceptors (Lipinski definition) is 10. The van der Waals surface area contributed by atoms with Gasteiger partial charge in [0.2, 0.25) is 17.7 Å². The normalized spacial score (nSPS) is 29.8. The fourth-order valence-electron chi connectivity index (χ4n) is 6.20. The van der Waals surface area contributed by atoms with Gasteiger partial charge in [0.1, 0.15) is 18.6 Å². The minimum absolute atomic E-state index is 0.00631. The molecule has 0 radical (unpaired) electrons. The molecule has 0 aromatic carbocycles. The van der Waals surface area contributed by atoms with Crippen LogP contribution in [-0.2, 0) is 25.7 Å². The fourth-order valence-corrected chi connectivity index (χ4v) is 7.68. The van der Waals surface area contributed by atoms with Crippen molar-refractivity contribution in [1.29, 1.82) is 0 Å². The summed E-state index contributed by atoms with van der Waals surface area (Å²) < 4.78 is 1.28. The van der Waals surface area contributed by atoms with Gasteiger partial charge in [-0.2, -0.15) is 0 Å². The molecule has 4 aliphatic heterocycles. The van der Waals surface area contributed by atoms with Crippen molar-refractivity contribution in [1.82, 2.24) is 40.6 Å². The number of aliphatic hydroxyl groups excluding tert-OH is 1. The molecular formula is C24H34N8O6S. The number of rotatable bonds is 9. The van der Waals surface area contributed by atoms with E-state index in [1.54, 1.807) is 6.92 Å². The van der Waals surface area contributed by atoms with Gasteiger partial charge >= 0.3 is 5.97 Å². The average molecular weight is 563 g/mol. The molecule has 3 fully saturated rings. The topological polar surface area (TPSA) is 183 Å². The molecule has 0 aliphatic carbocycles. The number of hydrogen-bond donors (Lipinski definition) is 4. The van der Waals surface area contributed by atoms with Gasteiger partial charge < -0.3 is 30.6 Å². The van der Waals surface area contributed by atoms with E-state index < -0.39 is 17.9 Å². The highest BCUT2D eigenvalue weighted by atomic mass is 32.2. The Morgan fingerprint density at radius 1 is 1.28 bits per heavy atom. The molecule has 1 aromatic rings. The predicted octanol–water partition coefficient (Wildman–Crippen LogP) is -1.35. The fraction of sp³-hybridized carbons (Fsp3) is 0.708. The molecule has 3 saturated heterocycles. The lowest BCUT2D eigenvalue weighted by molar-refractivity contribution is -0.158. The molecule has 5 heterocycles. The zero-order valence-electron chi connectivity index (χ0n) is 21.9. The van der Waals surface area contributed by atoms with Crippen LogP contribution < -0.4 is 10.6 Å². The van der Waals surface area contributed by atoms with Gasteiger partial charge in [-0.15, -0.1) is 16.9 Å². The molecular weight excluding hydrogens is 528 g/mol. The van der Waals surface area contributed by atoms with E-state index in [1.807, 2.05) is 11.8 Å². The highest BCUT2D eigenvalue weighted by molar-refractivity contribution is 8.03. The van der Waals surface area contributed by atoms with E-state index in [0.29, 0.717) is 31.0 Å². The van der Waals surface area contributed by atoms with E-state index in [0.717, 1.165) is 12.8 Å². The Balaban J connectivity index is 1.21. The number of nitrogens with zero attached hydrogens (tertiary/aromatic N) is 6. The molecule has 0 saturated carbocycles. The summed E-state index contributed by atoms with van der Waals surface area (Å²) >= 11 is 1.44. The molecule has 2 unspecified atom stereocenters. The lowest BCUT2D eigenvalue weighted by atomic mass is 9.78. The maximum atomic E-state index is 13.1. The van der Waals surface area contributed by atoms with Crippen LogP contribution in [0.25, 0.3) is 0 Å². The van der Waals surface area contributed by atoms with Gasteiger partial charge in [-0.25, -0.2) is 9.48 Å². The molecule has 5 rings (SSSR count). The van der Waals surface area contributed by atoms with E-state index in [9.17, 15) is 29.4 Å². The third-order valence-corrected chi connectivity index (χ3v) is 9.79. The number of aliphatic carboxylic acids is 1. The number of likely N-dealkylation sites (tertiary alicyclic amines) is 1. The number of carbonyl (C=O) groups excluding carboxylic acids is 3. The number of thioether (sulfide) groups is 1. The highest BCUT2D eigenvalue weighted by Gasteiger charge is 2.60. The van der Waals surface area contributed by atoms with Crippen LogP contribution in [0.2, 0.25) is 0 Å². The Labute approximate surface area is 229 Å². The summed E-state index contributed by atoms with van der Waals surface area (Å²) in [4.78, 5) is 54.8. The van der Waals surface area contributed by atoms with Crippen LogP contribution in [0.4, 0.5) is 0 Å². The molecule has 0 spiro atoms. The smallest absolute Gasteiger partial charge is 0.353 e. The molecule has 3 amide bonds. The first kappa shape index (κ1) is 27.5. The zero-order chi connectivity index (χ0) is 27.8. The quantitative estimate of drug-likeness (QED) is 0.261. The third kappa shape index (κ3) is 5.26. The maximum absolute atomic E-state index is 13.1. The Morgan fingerprint density at radius 2 is 2.03 bits per heavy atom. The van der Waals surface area contributed by atoms with Crippen molar-refractivity contribution in [2.24, 2.45) is 17.8 Å². The van der Waals surface area contributed by atoms with Crippen LogP contribution in [-0.4, -0.2) is 114 Å². The Hall–Kier alpha value is -3.04. The van der Waals surface area contributed by atoms with Crippen molar-refractivity contribution < 1.29 is 29.4 Å². The number of aromatic nitrogens is 4. The Kier molecular flexibility index (Phi) is 7.91. The second-order valence-electron chi connectivity index (χ2n) is 10.8. The second-order valence-corrected chi connectivity index (χ2v) is 12.1. The van der Waals surface area contributed by atoms with Gasteiger partial charge in [-0.05, 0) is 42.5 Å². The number of nitrogens with one attached hydrogen (secondary N) is 2. The van der Waals surface area contributed by atoms with E-state index in [4.69, 9.17) is 0 Å². The van der Waals surface area contributed by atoms with Crippen LogP contribution in [0.1, 0.15) is 33.1 Å². The van der Waals surface area contributed by atoms with Gasteiger partial charge in [-0.3, -0.25) is 14.4 Å². The number of tetrazole rings is 1. The first-order valence-electron chi connectivity index (χ1n) is 13.3. The number of carbonyl (C=O) groups is 4. The molecule has 0 bridgehead atoms. The standard InChI is InChI=1S/C24H34N8O6S/c1-12-19-18(13(2)27-17(34)9-31-11-26-28-29-31)23(36)32(19)20(24(37)38)21(12)39-15-7-16(25-8-15)22(35)30-5-3-14(10-33)4-6-30/h11-16,18-19,25,33H,3-10H2,1-2H3,(H,27,34)(H,37,38)/t12-,13-,15?,16?,18-,19-/m1/s1. The minimum atomic E-state index is -1.15. The molecule has 15 heteroatoms. The van der Waals surface area contributed by atoms with Gasteiger partial charge in [-0.1, -0.05) is 6.92 Å². The van der Waals surface area contributed by atoms with Crippen LogP contribution in [0.3, 0.4) is 0 Å². The lowest BCUT2D eigenvalue weighted by Gasteiger charge is -2.47. The molecule has 39 heavy (non-hydrogen) atoms. The van der Waals surface area contributed by atoms with Gasteiger partial charge in [0.25, 0.3) is 0 Å². The molecule has 6 atom stereocenters. The van der Waals surface area contributed by atoms with E-state index in [2.05, 4.69) is 26.2 Å². The second kappa shape index (κ2) is 11.2. The van der Waals surface area contributed by atoms with Crippen molar-refractivity contribution in [2.45, 2.75) is 63.0 Å². The number of amides is 3. The van der Waals surface area contributed by atoms with Crippen LogP contribution in [0.15, 0.2) is 16.9 Å². The van der Waals surface area contributed by atoms with Gasteiger partial charge in [0.05, 0.1) is 18.0 Å². The number of carboxylic acid groups (broad SMARTS) is 1. The summed E-state index contributed by atoms with van der Waals surface area (Å²) in [6, 6.07) is -1.20. The maximum Gasteiger partial charge on any atom is 0.353 e. The molecule has 212 valence electrons. The third-order valence-electron chi connectivity index (χ3n) is 8.28. The van der Waals surface area contributed by atoms with Gasteiger partial charge in [0, 0.05) is 48.4 Å². The van der Waals surface area contributed by atoms with E-state index >= 15 is 0 Å². The molecule has 1 aromatic heterocycles. The number of β-lactam (4-membered cyclic amide) rings is 1. The monoisotopic (exact) mass is 562 g/mol. The van der Waals surface area contributed by atoms with Crippen molar-refractivity contribution in [3.05, 3.63) is 16.9 Å². The summed E-state index contributed by atoms with van der Waals surface area (Å²) in [5.74, 6) is -2.30. The first-order valence-corrected chi connectivity index (χ1v) is 14.2. The highest BCUT2D eigenvalue weighted by Crippen LogP contribution is 2.51. The number of piperidine rings is 1. The largest absolute Gasteiger partial charge is 0.477 e. The average Bonchev–Trinajstić information content (AvgIpc) is 3.64. The first-order chi connectivity index (χ1) is 18.7. The van der Waals surface area contributed by atoms with Crippen molar-refractivity contribution in [3.8, 4) is 0 Å². The van der Waals surface area contributed by atoms with Crippen LogP contribution >= 0.6 is 11.8 Å². The van der Waals surface area contributed by atoms with E-state index in [-0.39, 0.29) is 65.7 Å². The van der Waals surface area contributed by atoms with Crippen LogP contribution in [0.5, 0.6) is 0 Å². The van der Waals surface area contributed by atoms with Gasteiger partial charge in [0.15, 0.2) is 0 Å². The van der Waals surface area contributed by atoms with Crippen molar-refractivity contribution in [3.63, 3.8) is 0 Å². The lowest BCUT2D eigenvalue weighted by Crippen LogP contribution is -2.66. The van der Waals surface area contributed by atoms with Crippen molar-refractivity contribution in [2.75, 3.05) is 26.2 Å². The van der Waals surface area contributed by atoms with E-state index in [1.165, 1.54) is 27.7 Å². The summed E-state index contributed by atoms with van der Waals surface area (Å²) in [6.07, 6.45) is 3.48. The molecule has 14 nitrogen and oxygen atoms in total. The summed E-state index contributed by atoms with van der Waals surface area (Å²) in [7, 11) is 0. The Bertz CT molecular complexity index is 1150. The molecule has 4 N–H and O–H groups in total. The summed E-state index contributed by atoms with van der Waals surface area (Å²) in [5, 5.41) is 36.2. The SMILES string of the molecule is C[C@@H](NC(=O)Cn1cnnn1)[C@H]1C(=O)N2C(C(=O)O)=C(SC3CNC(C(=O)N4CCC(CO)CC4)C3)[C@H](C)[C@H]12. The number of fused-ring (bicyclic) bond motifs is 1. The summed E-state index contributed by atoms with van der Waals surface area (Å²) in [6.45, 7) is 5.55. The zero-order valence-corrected chi connectivity index (χ0v) is 22.7. The molecule has 4 aliphatic rings. The number of carboxylic acids is 1. The Morgan fingerprint density at radius 3 is 2.67 bits per heavy atom. The predicted molar refractivity (Wildman–Crippen MR) is 138 cm³/mol.